The number of carboxylic acids is 1. The van der Waals surface area contributed by atoms with E-state index in [1.807, 2.05) is 19.1 Å². The lowest BCUT2D eigenvalue weighted by atomic mass is 10.1. The maximum absolute atomic E-state index is 11.0. The smallest absolute Gasteiger partial charge is 0.335 e. The first-order chi connectivity index (χ1) is 9.13. The molecule has 4 heteroatoms. The maximum atomic E-state index is 11.0. The number of hydrogen-bond donors (Lipinski definition) is 1. The molecule has 4 nitrogen and oxygen atoms in total. The second kappa shape index (κ2) is 4.55. The summed E-state index contributed by atoms with van der Waals surface area (Å²) in [5.74, 6) is 0.106. The van der Waals surface area contributed by atoms with Gasteiger partial charge in [-0.1, -0.05) is 6.07 Å². The second-order valence-electron chi connectivity index (χ2n) is 4.96. The van der Waals surface area contributed by atoms with Gasteiger partial charge in [0, 0.05) is 13.1 Å². The fourth-order valence-corrected chi connectivity index (χ4v) is 2.48. The minimum atomic E-state index is -0.872. The summed E-state index contributed by atoms with van der Waals surface area (Å²) in [6.45, 7) is 4.41. The Labute approximate surface area is 111 Å². The van der Waals surface area contributed by atoms with Crippen molar-refractivity contribution in [1.29, 1.82) is 0 Å². The summed E-state index contributed by atoms with van der Waals surface area (Å²) < 4.78 is 5.45. The van der Waals surface area contributed by atoms with Crippen LogP contribution in [0, 0.1) is 6.92 Å². The van der Waals surface area contributed by atoms with Gasteiger partial charge in [0.1, 0.15) is 5.76 Å². The number of benzene rings is 1. The van der Waals surface area contributed by atoms with Crippen LogP contribution in [0.1, 0.15) is 32.8 Å². The van der Waals surface area contributed by atoms with Crippen LogP contribution in [0.2, 0.25) is 0 Å². The van der Waals surface area contributed by atoms with Gasteiger partial charge in [0.15, 0.2) is 0 Å². The van der Waals surface area contributed by atoms with Crippen LogP contribution in [-0.2, 0) is 19.6 Å². The standard InChI is InChI=1S/C15H15NO3/c1-10-4-5-19-14(10)9-16-7-12-3-2-11(15(17)18)6-13(12)8-16/h2-6H,7-9H2,1H3,(H,17,18). The molecule has 98 valence electrons. The van der Waals surface area contributed by atoms with E-state index in [1.54, 1.807) is 18.4 Å². The highest BCUT2D eigenvalue weighted by molar-refractivity contribution is 5.87. The lowest BCUT2D eigenvalue weighted by Gasteiger charge is -2.13. The highest BCUT2D eigenvalue weighted by atomic mass is 16.4. The van der Waals surface area contributed by atoms with Crippen LogP contribution in [0.5, 0.6) is 0 Å². The van der Waals surface area contributed by atoms with E-state index >= 15 is 0 Å². The minimum Gasteiger partial charge on any atom is -0.478 e. The van der Waals surface area contributed by atoms with Gasteiger partial charge >= 0.3 is 5.97 Å². The van der Waals surface area contributed by atoms with Crippen LogP contribution in [0.15, 0.2) is 34.9 Å². The molecule has 0 fully saturated rings. The number of carbonyl (C=O) groups is 1. The van der Waals surface area contributed by atoms with Crippen LogP contribution < -0.4 is 0 Å². The van der Waals surface area contributed by atoms with Crippen molar-refractivity contribution in [3.8, 4) is 0 Å². The third kappa shape index (κ3) is 2.27. The normalized spacial score (nSPS) is 14.6. The van der Waals surface area contributed by atoms with Crippen LogP contribution in [0.4, 0.5) is 0 Å². The van der Waals surface area contributed by atoms with Crippen molar-refractivity contribution in [2.45, 2.75) is 26.6 Å². The Kier molecular flexibility index (Phi) is 2.87. The molecule has 1 aliphatic rings. The van der Waals surface area contributed by atoms with Crippen LogP contribution >= 0.6 is 0 Å². The minimum absolute atomic E-state index is 0.356. The van der Waals surface area contributed by atoms with Crippen LogP contribution in [0.25, 0.3) is 0 Å². The fourth-order valence-electron chi connectivity index (χ4n) is 2.48. The van der Waals surface area contributed by atoms with Gasteiger partial charge in [0.25, 0.3) is 0 Å². The molecule has 1 aliphatic heterocycles. The Bertz CT molecular complexity index is 630. The summed E-state index contributed by atoms with van der Waals surface area (Å²) in [5.41, 5.74) is 3.82. The first-order valence-electron chi connectivity index (χ1n) is 6.24. The maximum Gasteiger partial charge on any atom is 0.335 e. The van der Waals surface area contributed by atoms with Gasteiger partial charge in [-0.2, -0.15) is 0 Å². The lowest BCUT2D eigenvalue weighted by Crippen LogP contribution is -2.15. The molecule has 2 aromatic rings. The van der Waals surface area contributed by atoms with Gasteiger partial charge in [-0.3, -0.25) is 4.90 Å². The van der Waals surface area contributed by atoms with E-state index in [-0.39, 0.29) is 0 Å². The van der Waals surface area contributed by atoms with E-state index in [2.05, 4.69) is 4.90 Å². The zero-order valence-electron chi connectivity index (χ0n) is 10.7. The monoisotopic (exact) mass is 257 g/mol. The van der Waals surface area contributed by atoms with Crippen LogP contribution in [-0.4, -0.2) is 16.0 Å². The van der Waals surface area contributed by atoms with Crippen molar-refractivity contribution in [1.82, 2.24) is 4.90 Å². The Balaban J connectivity index is 1.77. The van der Waals surface area contributed by atoms with E-state index < -0.39 is 5.97 Å². The van der Waals surface area contributed by atoms with Gasteiger partial charge in [-0.25, -0.2) is 4.79 Å². The zero-order chi connectivity index (χ0) is 13.4. The Hall–Kier alpha value is -2.07. The molecule has 0 aliphatic carbocycles. The molecule has 3 rings (SSSR count). The number of aromatic carboxylic acids is 1. The lowest BCUT2D eigenvalue weighted by molar-refractivity contribution is 0.0696. The number of carboxylic acid groups (broad SMARTS) is 1. The average Bonchev–Trinajstić information content (AvgIpc) is 2.95. The van der Waals surface area contributed by atoms with Gasteiger partial charge in [-0.05, 0) is 41.8 Å². The molecule has 0 atom stereocenters. The summed E-state index contributed by atoms with van der Waals surface area (Å²) in [5, 5.41) is 9.00. The zero-order valence-corrected chi connectivity index (χ0v) is 10.7. The molecule has 2 heterocycles. The number of furan rings is 1. The third-order valence-corrected chi connectivity index (χ3v) is 3.58. The first kappa shape index (κ1) is 12.0. The molecular formula is C15H15NO3. The number of rotatable bonds is 3. The second-order valence-corrected chi connectivity index (χ2v) is 4.96. The molecule has 0 unspecified atom stereocenters. The molecule has 1 N–H and O–H groups in total. The molecule has 0 amide bonds. The van der Waals surface area contributed by atoms with Gasteiger partial charge in [-0.15, -0.1) is 0 Å². The van der Waals surface area contributed by atoms with Crippen molar-refractivity contribution in [2.75, 3.05) is 0 Å². The van der Waals surface area contributed by atoms with Gasteiger partial charge in [0.2, 0.25) is 0 Å². The third-order valence-electron chi connectivity index (χ3n) is 3.58. The molecule has 0 saturated heterocycles. The molecule has 1 aromatic carbocycles. The van der Waals surface area contributed by atoms with Crippen molar-refractivity contribution in [2.24, 2.45) is 0 Å². The Morgan fingerprint density at radius 2 is 2.11 bits per heavy atom. The van der Waals surface area contributed by atoms with E-state index in [9.17, 15) is 4.79 Å². The SMILES string of the molecule is Cc1ccoc1CN1Cc2ccc(C(=O)O)cc2C1. The fraction of sp³-hybridized carbons (Fsp3) is 0.267. The summed E-state index contributed by atoms with van der Waals surface area (Å²) in [7, 11) is 0. The van der Waals surface area contributed by atoms with Gasteiger partial charge in [0.05, 0.1) is 18.4 Å². The first-order valence-corrected chi connectivity index (χ1v) is 6.24. The van der Waals surface area contributed by atoms with E-state index in [1.165, 1.54) is 5.56 Å². The number of aryl methyl sites for hydroxylation is 1. The van der Waals surface area contributed by atoms with Crippen molar-refractivity contribution >= 4 is 5.97 Å². The van der Waals surface area contributed by atoms with Gasteiger partial charge < -0.3 is 9.52 Å². The molecule has 1 aromatic heterocycles. The van der Waals surface area contributed by atoms with Crippen molar-refractivity contribution in [3.63, 3.8) is 0 Å². The Morgan fingerprint density at radius 3 is 2.79 bits per heavy atom. The molecule has 0 radical (unpaired) electrons. The van der Waals surface area contributed by atoms with E-state index in [4.69, 9.17) is 9.52 Å². The number of fused-ring (bicyclic) bond motifs is 1. The summed E-state index contributed by atoms with van der Waals surface area (Å²) >= 11 is 0. The Morgan fingerprint density at radius 1 is 1.32 bits per heavy atom. The van der Waals surface area contributed by atoms with Crippen LogP contribution in [0.3, 0.4) is 0 Å². The highest BCUT2D eigenvalue weighted by Gasteiger charge is 2.21. The van der Waals surface area contributed by atoms with E-state index in [0.29, 0.717) is 5.56 Å². The quantitative estimate of drug-likeness (QED) is 0.918. The topological polar surface area (TPSA) is 53.7 Å². The van der Waals surface area contributed by atoms with Crippen molar-refractivity contribution in [3.05, 3.63) is 58.5 Å². The molecule has 19 heavy (non-hydrogen) atoms. The summed E-state index contributed by atoms with van der Waals surface area (Å²) in [6, 6.07) is 7.31. The molecule has 0 saturated carbocycles. The van der Waals surface area contributed by atoms with Crippen molar-refractivity contribution < 1.29 is 14.3 Å². The number of hydrogen-bond acceptors (Lipinski definition) is 3. The predicted octanol–water partition coefficient (Wildman–Crippen LogP) is 2.80. The largest absolute Gasteiger partial charge is 0.478 e. The molecular weight excluding hydrogens is 242 g/mol. The van der Waals surface area contributed by atoms with E-state index in [0.717, 1.165) is 36.5 Å². The predicted molar refractivity (Wildman–Crippen MR) is 69.8 cm³/mol. The highest BCUT2D eigenvalue weighted by Crippen LogP contribution is 2.26. The number of nitrogens with zero attached hydrogens (tertiary/aromatic N) is 1. The molecule has 0 bridgehead atoms. The average molecular weight is 257 g/mol. The molecule has 0 spiro atoms. The summed E-state index contributed by atoms with van der Waals surface area (Å²) in [6.07, 6.45) is 1.70. The summed E-state index contributed by atoms with van der Waals surface area (Å²) in [4.78, 5) is 13.2.